The molecule has 1 amide bonds. The molecule has 0 bridgehead atoms. The largest absolute Gasteiger partial charge is 0.376 e. The highest BCUT2D eigenvalue weighted by Crippen LogP contribution is 2.27. The number of amides is 1. The molecule has 2 rings (SSSR count). The lowest BCUT2D eigenvalue weighted by atomic mass is 9.99. The molecule has 0 aromatic heterocycles. The van der Waals surface area contributed by atoms with E-state index in [2.05, 4.69) is 10.6 Å². The van der Waals surface area contributed by atoms with Gasteiger partial charge < -0.3 is 15.4 Å². The van der Waals surface area contributed by atoms with Crippen LogP contribution in [-0.2, 0) is 9.53 Å². The minimum Gasteiger partial charge on any atom is -0.376 e. The van der Waals surface area contributed by atoms with Crippen LogP contribution >= 0.6 is 0 Å². The maximum atomic E-state index is 13.0. The van der Waals surface area contributed by atoms with E-state index in [9.17, 15) is 9.18 Å². The van der Waals surface area contributed by atoms with Gasteiger partial charge in [-0.1, -0.05) is 12.1 Å². The Morgan fingerprint density at radius 3 is 2.80 bits per heavy atom. The Kier molecular flexibility index (Phi) is 5.49. The fraction of sp³-hybridized carbons (Fsp3) is 0.533. The summed E-state index contributed by atoms with van der Waals surface area (Å²) in [5, 5.41) is 5.95. The first-order valence-corrected chi connectivity index (χ1v) is 7.01. The molecule has 2 N–H and O–H groups in total. The van der Waals surface area contributed by atoms with Crippen molar-refractivity contribution < 1.29 is 13.9 Å². The van der Waals surface area contributed by atoms with Gasteiger partial charge in [-0.2, -0.15) is 0 Å². The summed E-state index contributed by atoms with van der Waals surface area (Å²) in [6.45, 7) is 1.35. The van der Waals surface area contributed by atoms with Gasteiger partial charge >= 0.3 is 0 Å². The summed E-state index contributed by atoms with van der Waals surface area (Å²) in [6.07, 6.45) is 2.29. The Balaban J connectivity index is 2.07. The van der Waals surface area contributed by atoms with Gasteiger partial charge in [-0.3, -0.25) is 4.79 Å². The van der Waals surface area contributed by atoms with E-state index in [1.54, 1.807) is 12.1 Å². The number of benzene rings is 1. The van der Waals surface area contributed by atoms with E-state index >= 15 is 0 Å². The van der Waals surface area contributed by atoms with E-state index < -0.39 is 0 Å². The summed E-state index contributed by atoms with van der Waals surface area (Å²) in [7, 11) is 1.81. The maximum absolute atomic E-state index is 13.0. The second-order valence-corrected chi connectivity index (χ2v) is 5.00. The normalized spacial score (nSPS) is 19.8. The molecule has 5 heteroatoms. The zero-order valence-electron chi connectivity index (χ0n) is 11.7. The van der Waals surface area contributed by atoms with Crippen LogP contribution in [-0.4, -0.2) is 32.2 Å². The fourth-order valence-corrected chi connectivity index (χ4v) is 2.41. The second-order valence-electron chi connectivity index (χ2n) is 5.00. The van der Waals surface area contributed by atoms with Crippen molar-refractivity contribution >= 4 is 5.91 Å². The highest BCUT2D eigenvalue weighted by atomic mass is 19.1. The van der Waals surface area contributed by atoms with Gasteiger partial charge in [0.25, 0.3) is 0 Å². The lowest BCUT2D eigenvalue weighted by molar-refractivity contribution is -0.122. The summed E-state index contributed by atoms with van der Waals surface area (Å²) in [6, 6.07) is 6.04. The summed E-state index contributed by atoms with van der Waals surface area (Å²) >= 11 is 0. The molecule has 20 heavy (non-hydrogen) atoms. The molecule has 0 aliphatic carbocycles. The molecular weight excluding hydrogens is 259 g/mol. The Bertz CT molecular complexity index is 430. The quantitative estimate of drug-likeness (QED) is 0.835. The van der Waals surface area contributed by atoms with E-state index in [1.165, 1.54) is 12.1 Å². The van der Waals surface area contributed by atoms with Gasteiger partial charge in [0.15, 0.2) is 0 Å². The number of carbonyl (C=O) groups excluding carboxylic acids is 1. The van der Waals surface area contributed by atoms with Crippen LogP contribution in [0.25, 0.3) is 0 Å². The van der Waals surface area contributed by atoms with Crippen molar-refractivity contribution in [3.05, 3.63) is 35.6 Å². The fourth-order valence-electron chi connectivity index (χ4n) is 2.41. The van der Waals surface area contributed by atoms with Gasteiger partial charge in [-0.05, 0) is 37.6 Å². The Hall–Kier alpha value is -1.46. The molecule has 1 aliphatic rings. The molecule has 4 nitrogen and oxygen atoms in total. The molecule has 0 saturated carbocycles. The van der Waals surface area contributed by atoms with Crippen LogP contribution in [0.1, 0.15) is 30.9 Å². The SMILES string of the molecule is CNCCC(=O)NC(c1ccc(F)cc1)C1CCCO1. The van der Waals surface area contributed by atoms with Crippen LogP contribution in [0.5, 0.6) is 0 Å². The number of rotatable bonds is 6. The van der Waals surface area contributed by atoms with Gasteiger partial charge in [-0.25, -0.2) is 4.39 Å². The van der Waals surface area contributed by atoms with Crippen molar-refractivity contribution in [1.29, 1.82) is 0 Å². The Morgan fingerprint density at radius 1 is 1.45 bits per heavy atom. The molecule has 1 fully saturated rings. The number of nitrogens with one attached hydrogen (secondary N) is 2. The van der Waals surface area contributed by atoms with Gasteiger partial charge in [0.05, 0.1) is 12.1 Å². The molecule has 0 spiro atoms. The molecule has 110 valence electrons. The van der Waals surface area contributed by atoms with E-state index in [0.29, 0.717) is 13.0 Å². The zero-order valence-corrected chi connectivity index (χ0v) is 11.7. The standard InChI is InChI=1S/C15H21FN2O2/c1-17-9-8-14(19)18-15(13-3-2-10-20-13)11-4-6-12(16)7-5-11/h4-7,13,15,17H,2-3,8-10H2,1H3,(H,18,19). The third-order valence-electron chi connectivity index (χ3n) is 3.48. The molecule has 2 unspecified atom stereocenters. The molecule has 1 aliphatic heterocycles. The van der Waals surface area contributed by atoms with Crippen molar-refractivity contribution in [3.63, 3.8) is 0 Å². The molecule has 1 saturated heterocycles. The highest BCUT2D eigenvalue weighted by Gasteiger charge is 2.28. The number of hydrogen-bond donors (Lipinski definition) is 2. The van der Waals surface area contributed by atoms with E-state index in [4.69, 9.17) is 4.74 Å². The van der Waals surface area contributed by atoms with Crippen molar-refractivity contribution in [3.8, 4) is 0 Å². The van der Waals surface area contributed by atoms with Gasteiger partial charge in [-0.15, -0.1) is 0 Å². The van der Waals surface area contributed by atoms with Crippen LogP contribution in [0.4, 0.5) is 4.39 Å². The molecule has 1 aromatic rings. The molecule has 0 radical (unpaired) electrons. The molecule has 1 aromatic carbocycles. The Labute approximate surface area is 118 Å². The minimum atomic E-state index is -0.277. The predicted molar refractivity (Wildman–Crippen MR) is 74.8 cm³/mol. The lowest BCUT2D eigenvalue weighted by Crippen LogP contribution is -2.37. The van der Waals surface area contributed by atoms with Crippen molar-refractivity contribution in [1.82, 2.24) is 10.6 Å². The van der Waals surface area contributed by atoms with Crippen LogP contribution in [0.2, 0.25) is 0 Å². The van der Waals surface area contributed by atoms with Gasteiger partial charge in [0, 0.05) is 19.6 Å². The first kappa shape index (κ1) is 14.9. The van der Waals surface area contributed by atoms with Crippen molar-refractivity contribution in [2.24, 2.45) is 0 Å². The summed E-state index contributed by atoms with van der Waals surface area (Å²) < 4.78 is 18.7. The molecule has 2 atom stereocenters. The van der Waals surface area contributed by atoms with E-state index in [-0.39, 0.29) is 23.9 Å². The third kappa shape index (κ3) is 4.02. The van der Waals surface area contributed by atoms with Crippen LogP contribution in [0.3, 0.4) is 0 Å². The summed E-state index contributed by atoms with van der Waals surface area (Å²) in [5.41, 5.74) is 0.885. The first-order valence-electron chi connectivity index (χ1n) is 7.01. The zero-order chi connectivity index (χ0) is 14.4. The van der Waals surface area contributed by atoms with Crippen molar-refractivity contribution in [2.45, 2.75) is 31.4 Å². The number of ether oxygens (including phenoxy) is 1. The molecule has 1 heterocycles. The summed E-state index contributed by atoms with van der Waals surface area (Å²) in [5.74, 6) is -0.300. The highest BCUT2D eigenvalue weighted by molar-refractivity contribution is 5.76. The monoisotopic (exact) mass is 280 g/mol. The topological polar surface area (TPSA) is 50.4 Å². The van der Waals surface area contributed by atoms with Crippen LogP contribution < -0.4 is 10.6 Å². The number of hydrogen-bond acceptors (Lipinski definition) is 3. The van der Waals surface area contributed by atoms with Gasteiger partial charge in [0.2, 0.25) is 5.91 Å². The number of carbonyl (C=O) groups is 1. The average Bonchev–Trinajstić information content (AvgIpc) is 2.97. The molecular formula is C15H21FN2O2. The lowest BCUT2D eigenvalue weighted by Gasteiger charge is -2.24. The first-order chi connectivity index (χ1) is 9.70. The van der Waals surface area contributed by atoms with Crippen LogP contribution in [0, 0.1) is 5.82 Å². The van der Waals surface area contributed by atoms with Gasteiger partial charge in [0.1, 0.15) is 5.82 Å². The smallest absolute Gasteiger partial charge is 0.221 e. The second kappa shape index (κ2) is 7.36. The number of halogens is 1. The van der Waals surface area contributed by atoms with Crippen molar-refractivity contribution in [2.75, 3.05) is 20.2 Å². The predicted octanol–water partition coefficient (Wildman–Crippen LogP) is 1.77. The minimum absolute atomic E-state index is 0.0239. The van der Waals surface area contributed by atoms with E-state index in [0.717, 1.165) is 25.0 Å². The van der Waals surface area contributed by atoms with Crippen LogP contribution in [0.15, 0.2) is 24.3 Å². The van der Waals surface area contributed by atoms with E-state index in [1.807, 2.05) is 7.05 Å². The summed E-state index contributed by atoms with van der Waals surface area (Å²) in [4.78, 5) is 11.9. The Morgan fingerprint density at radius 2 is 2.20 bits per heavy atom. The average molecular weight is 280 g/mol. The third-order valence-corrected chi connectivity index (χ3v) is 3.48. The maximum Gasteiger partial charge on any atom is 0.221 e.